The standard InChI is InChI=1S/C12H13F6NO2/c1-2-9(19)10(20,11(13,14)15)7-5-3-4-6-8(7)21-12(16,17)18/h3-6,9,20H,2,19H2,1H3. The van der Waals surface area contributed by atoms with E-state index >= 15 is 0 Å². The van der Waals surface area contributed by atoms with Crippen LogP contribution in [0.25, 0.3) is 0 Å². The average Bonchev–Trinajstić information content (AvgIpc) is 2.34. The Kier molecular flexibility index (Phi) is 4.79. The number of aliphatic hydroxyl groups is 1. The van der Waals surface area contributed by atoms with Gasteiger partial charge in [0.05, 0.1) is 0 Å². The van der Waals surface area contributed by atoms with Gasteiger partial charge in [-0.05, 0) is 12.5 Å². The predicted molar refractivity (Wildman–Crippen MR) is 61.3 cm³/mol. The number of hydrogen-bond acceptors (Lipinski definition) is 3. The molecule has 1 aromatic rings. The van der Waals surface area contributed by atoms with Crippen molar-refractivity contribution in [1.29, 1.82) is 0 Å². The van der Waals surface area contributed by atoms with Gasteiger partial charge in [-0.15, -0.1) is 13.2 Å². The second-order valence-corrected chi connectivity index (χ2v) is 4.32. The maximum atomic E-state index is 13.2. The molecule has 0 aliphatic rings. The zero-order chi connectivity index (χ0) is 16.5. The van der Waals surface area contributed by atoms with Gasteiger partial charge in [-0.2, -0.15) is 13.2 Å². The molecule has 0 radical (unpaired) electrons. The van der Waals surface area contributed by atoms with Crippen molar-refractivity contribution in [3.05, 3.63) is 29.8 Å². The summed E-state index contributed by atoms with van der Waals surface area (Å²) in [6.45, 7) is 1.27. The molecule has 0 saturated carbocycles. The van der Waals surface area contributed by atoms with Gasteiger partial charge in [0.1, 0.15) is 5.75 Å². The highest BCUT2D eigenvalue weighted by atomic mass is 19.4. The molecule has 0 aliphatic heterocycles. The number of benzene rings is 1. The quantitative estimate of drug-likeness (QED) is 0.839. The van der Waals surface area contributed by atoms with E-state index in [0.29, 0.717) is 12.1 Å². The molecular weight excluding hydrogens is 304 g/mol. The van der Waals surface area contributed by atoms with Gasteiger partial charge in [0.25, 0.3) is 0 Å². The van der Waals surface area contributed by atoms with Crippen molar-refractivity contribution in [2.24, 2.45) is 5.73 Å². The summed E-state index contributed by atoms with van der Waals surface area (Å²) in [6.07, 6.45) is -10.8. The fraction of sp³-hybridized carbons (Fsp3) is 0.500. The monoisotopic (exact) mass is 317 g/mol. The highest BCUT2D eigenvalue weighted by molar-refractivity contribution is 5.40. The highest BCUT2D eigenvalue weighted by Crippen LogP contribution is 2.45. The van der Waals surface area contributed by atoms with Gasteiger partial charge in [0, 0.05) is 11.6 Å². The van der Waals surface area contributed by atoms with E-state index < -0.39 is 35.5 Å². The molecule has 1 rings (SSSR count). The molecule has 3 nitrogen and oxygen atoms in total. The minimum atomic E-state index is -5.27. The number of rotatable bonds is 4. The normalized spacial score (nSPS) is 17.2. The zero-order valence-electron chi connectivity index (χ0n) is 10.8. The minimum Gasteiger partial charge on any atom is -0.405 e. The van der Waals surface area contributed by atoms with Crippen LogP contribution in [0.5, 0.6) is 5.75 Å². The van der Waals surface area contributed by atoms with Gasteiger partial charge in [0.15, 0.2) is 0 Å². The third-order valence-electron chi connectivity index (χ3n) is 2.93. The molecule has 3 N–H and O–H groups in total. The number of alkyl halides is 6. The van der Waals surface area contributed by atoms with Crippen LogP contribution in [0.4, 0.5) is 26.3 Å². The van der Waals surface area contributed by atoms with E-state index in [1.807, 2.05) is 0 Å². The van der Waals surface area contributed by atoms with Crippen LogP contribution in [0, 0.1) is 0 Å². The Morgan fingerprint density at radius 2 is 1.67 bits per heavy atom. The van der Waals surface area contributed by atoms with Crippen LogP contribution in [0.2, 0.25) is 0 Å². The summed E-state index contributed by atoms with van der Waals surface area (Å²) in [7, 11) is 0. The molecule has 0 heterocycles. The number of para-hydroxylation sites is 1. The summed E-state index contributed by atoms with van der Waals surface area (Å²) >= 11 is 0. The van der Waals surface area contributed by atoms with Gasteiger partial charge in [-0.1, -0.05) is 25.1 Å². The molecule has 0 aliphatic carbocycles. The third kappa shape index (κ3) is 3.59. The van der Waals surface area contributed by atoms with Gasteiger partial charge in [-0.25, -0.2) is 0 Å². The van der Waals surface area contributed by atoms with Crippen LogP contribution >= 0.6 is 0 Å². The maximum Gasteiger partial charge on any atom is 0.573 e. The second kappa shape index (κ2) is 5.72. The Morgan fingerprint density at radius 3 is 2.10 bits per heavy atom. The van der Waals surface area contributed by atoms with Crippen molar-refractivity contribution in [2.75, 3.05) is 0 Å². The Labute approximate surface area is 116 Å². The summed E-state index contributed by atoms with van der Waals surface area (Å²) < 4.78 is 79.9. The van der Waals surface area contributed by atoms with E-state index in [2.05, 4.69) is 4.74 Å². The predicted octanol–water partition coefficient (Wildman–Crippen LogP) is 3.07. The van der Waals surface area contributed by atoms with E-state index in [-0.39, 0.29) is 6.42 Å². The van der Waals surface area contributed by atoms with Gasteiger partial charge in [-0.3, -0.25) is 0 Å². The van der Waals surface area contributed by atoms with E-state index in [9.17, 15) is 31.4 Å². The van der Waals surface area contributed by atoms with E-state index in [0.717, 1.165) is 12.1 Å². The first-order valence-electron chi connectivity index (χ1n) is 5.83. The van der Waals surface area contributed by atoms with Gasteiger partial charge < -0.3 is 15.6 Å². The van der Waals surface area contributed by atoms with Crippen molar-refractivity contribution < 1.29 is 36.2 Å². The number of halogens is 6. The summed E-state index contributed by atoms with van der Waals surface area (Å²) in [5.41, 5.74) is 0.567. The highest BCUT2D eigenvalue weighted by Gasteiger charge is 2.59. The molecule has 0 bridgehead atoms. The van der Waals surface area contributed by atoms with E-state index in [1.54, 1.807) is 0 Å². The van der Waals surface area contributed by atoms with Crippen molar-refractivity contribution >= 4 is 0 Å². The lowest BCUT2D eigenvalue weighted by Crippen LogP contribution is -2.55. The zero-order valence-corrected chi connectivity index (χ0v) is 10.8. The Balaban J connectivity index is 3.47. The van der Waals surface area contributed by atoms with E-state index in [4.69, 9.17) is 5.73 Å². The largest absolute Gasteiger partial charge is 0.573 e. The van der Waals surface area contributed by atoms with Gasteiger partial charge >= 0.3 is 12.5 Å². The van der Waals surface area contributed by atoms with Crippen LogP contribution in [0.1, 0.15) is 18.9 Å². The molecule has 0 aromatic heterocycles. The Morgan fingerprint density at radius 1 is 1.14 bits per heavy atom. The first kappa shape index (κ1) is 17.6. The molecule has 9 heteroatoms. The molecule has 0 amide bonds. The van der Waals surface area contributed by atoms with Gasteiger partial charge in [0.2, 0.25) is 5.60 Å². The maximum absolute atomic E-state index is 13.2. The van der Waals surface area contributed by atoms with Crippen molar-refractivity contribution in [2.45, 2.75) is 37.5 Å². The molecule has 1 aromatic carbocycles. The van der Waals surface area contributed by atoms with Crippen molar-refractivity contribution in [3.8, 4) is 5.75 Å². The van der Waals surface area contributed by atoms with E-state index in [1.165, 1.54) is 6.92 Å². The lowest BCUT2D eigenvalue weighted by atomic mass is 9.84. The lowest BCUT2D eigenvalue weighted by molar-refractivity contribution is -0.286. The Hall–Kier alpha value is -1.48. The first-order chi connectivity index (χ1) is 9.43. The van der Waals surface area contributed by atoms with Crippen molar-refractivity contribution in [3.63, 3.8) is 0 Å². The molecule has 0 saturated heterocycles. The Bertz CT molecular complexity index is 487. The van der Waals surface area contributed by atoms with Crippen LogP contribution in [-0.4, -0.2) is 23.7 Å². The summed E-state index contributed by atoms with van der Waals surface area (Å²) in [4.78, 5) is 0. The second-order valence-electron chi connectivity index (χ2n) is 4.32. The minimum absolute atomic E-state index is 0.309. The molecular formula is C12H13F6NO2. The number of hydrogen-bond donors (Lipinski definition) is 2. The SMILES string of the molecule is CCC(N)C(O)(c1ccccc1OC(F)(F)F)C(F)(F)F. The fourth-order valence-electron chi connectivity index (χ4n) is 1.85. The van der Waals surface area contributed by atoms with Crippen molar-refractivity contribution in [1.82, 2.24) is 0 Å². The molecule has 2 unspecified atom stereocenters. The summed E-state index contributed by atoms with van der Waals surface area (Å²) in [6, 6.07) is 1.64. The van der Waals surface area contributed by atoms with Crippen LogP contribution in [0.15, 0.2) is 24.3 Å². The molecule has 21 heavy (non-hydrogen) atoms. The number of ether oxygens (including phenoxy) is 1. The van der Waals surface area contributed by atoms with Crippen LogP contribution in [0.3, 0.4) is 0 Å². The van der Waals surface area contributed by atoms with Crippen LogP contribution in [-0.2, 0) is 5.60 Å². The summed E-state index contributed by atoms with van der Waals surface area (Å²) in [5.74, 6) is -1.14. The molecule has 0 fully saturated rings. The smallest absolute Gasteiger partial charge is 0.405 e. The average molecular weight is 317 g/mol. The molecule has 2 atom stereocenters. The fourth-order valence-corrected chi connectivity index (χ4v) is 1.85. The molecule has 0 spiro atoms. The third-order valence-corrected chi connectivity index (χ3v) is 2.93. The summed E-state index contributed by atoms with van der Waals surface area (Å²) in [5, 5.41) is 9.97. The first-order valence-corrected chi connectivity index (χ1v) is 5.83. The topological polar surface area (TPSA) is 55.5 Å². The van der Waals surface area contributed by atoms with Crippen LogP contribution < -0.4 is 10.5 Å². The molecule has 120 valence electrons. The lowest BCUT2D eigenvalue weighted by Gasteiger charge is -2.36. The number of nitrogens with two attached hydrogens (primary N) is 1.